The van der Waals surface area contributed by atoms with Gasteiger partial charge in [-0.2, -0.15) is 0 Å². The number of Topliss-reactive ketones (excluding diaryl/α,β-unsaturated/α-hetero) is 1. The third kappa shape index (κ3) is 2.03. The predicted molar refractivity (Wildman–Crippen MR) is 45.8 cm³/mol. The van der Waals surface area contributed by atoms with Crippen molar-refractivity contribution in [3.05, 3.63) is 0 Å². The minimum absolute atomic E-state index is 0.114. The van der Waals surface area contributed by atoms with Crippen LogP contribution >= 0.6 is 0 Å². The van der Waals surface area contributed by atoms with Gasteiger partial charge in [0.2, 0.25) is 0 Å². The maximum atomic E-state index is 12.7. The largest absolute Gasteiger partial charge is 0.304 e. The Morgan fingerprint density at radius 1 is 1.50 bits per heavy atom. The fourth-order valence-electron chi connectivity index (χ4n) is 1.41. The SMILES string of the molecule is CC(C)(C)C(=O)[C@@H]1C[C@@H](F)CN1. The molecule has 1 aliphatic rings. The van der Waals surface area contributed by atoms with Crippen molar-refractivity contribution in [2.45, 2.75) is 39.4 Å². The van der Waals surface area contributed by atoms with Gasteiger partial charge < -0.3 is 5.32 Å². The summed E-state index contributed by atoms with van der Waals surface area (Å²) in [6.07, 6.45) is -0.503. The van der Waals surface area contributed by atoms with Gasteiger partial charge in [-0.05, 0) is 0 Å². The summed E-state index contributed by atoms with van der Waals surface area (Å²) in [5.74, 6) is 0.114. The van der Waals surface area contributed by atoms with Gasteiger partial charge in [0.25, 0.3) is 0 Å². The molecule has 1 fully saturated rings. The van der Waals surface area contributed by atoms with Crippen LogP contribution in [0.15, 0.2) is 0 Å². The molecule has 0 radical (unpaired) electrons. The van der Waals surface area contributed by atoms with Crippen LogP contribution in [0, 0.1) is 5.41 Å². The molecule has 0 spiro atoms. The van der Waals surface area contributed by atoms with Gasteiger partial charge in [0, 0.05) is 18.4 Å². The molecule has 12 heavy (non-hydrogen) atoms. The van der Waals surface area contributed by atoms with Crippen LogP contribution in [0.4, 0.5) is 4.39 Å². The Kier molecular flexibility index (Phi) is 2.52. The van der Waals surface area contributed by atoms with Crippen LogP contribution in [-0.2, 0) is 4.79 Å². The van der Waals surface area contributed by atoms with Crippen LogP contribution in [0.2, 0.25) is 0 Å². The van der Waals surface area contributed by atoms with E-state index in [2.05, 4.69) is 5.32 Å². The number of halogens is 1. The standard InChI is InChI=1S/C9H16FNO/c1-9(2,3)8(12)7-4-6(10)5-11-7/h6-7,11H,4-5H2,1-3H3/t6-,7+/m1/s1. The summed E-state index contributed by atoms with van der Waals surface area (Å²) in [4.78, 5) is 11.6. The van der Waals surface area contributed by atoms with Crippen molar-refractivity contribution in [2.75, 3.05) is 6.54 Å². The van der Waals surface area contributed by atoms with Crippen LogP contribution in [-0.4, -0.2) is 24.5 Å². The van der Waals surface area contributed by atoms with Gasteiger partial charge in [0.05, 0.1) is 6.04 Å². The summed E-state index contributed by atoms with van der Waals surface area (Å²) in [5.41, 5.74) is -0.359. The number of hydrogen-bond acceptors (Lipinski definition) is 2. The normalized spacial score (nSPS) is 30.7. The minimum Gasteiger partial charge on any atom is -0.304 e. The number of ketones is 1. The maximum absolute atomic E-state index is 12.7. The number of nitrogens with one attached hydrogen (secondary N) is 1. The molecule has 2 nitrogen and oxygen atoms in total. The average Bonchev–Trinajstić information content (AvgIpc) is 2.32. The first kappa shape index (κ1) is 9.65. The molecule has 1 heterocycles. The monoisotopic (exact) mass is 173 g/mol. The second kappa shape index (κ2) is 3.13. The van der Waals surface area contributed by atoms with E-state index >= 15 is 0 Å². The van der Waals surface area contributed by atoms with Crippen molar-refractivity contribution in [3.8, 4) is 0 Å². The van der Waals surface area contributed by atoms with E-state index in [-0.39, 0.29) is 17.2 Å². The molecule has 1 rings (SSSR count). The first-order chi connectivity index (χ1) is 5.41. The molecule has 0 aromatic heterocycles. The fraction of sp³-hybridized carbons (Fsp3) is 0.889. The minimum atomic E-state index is -0.846. The summed E-state index contributed by atoms with van der Waals surface area (Å²) in [6.45, 7) is 5.92. The molecule has 0 aromatic rings. The van der Waals surface area contributed by atoms with Crippen LogP contribution in [0.3, 0.4) is 0 Å². The highest BCUT2D eigenvalue weighted by Gasteiger charge is 2.34. The Bertz CT molecular complexity index is 185. The summed E-state index contributed by atoms with van der Waals surface area (Å²) in [6, 6.07) is -0.264. The Balaban J connectivity index is 2.55. The first-order valence-corrected chi connectivity index (χ1v) is 4.33. The molecule has 0 bridgehead atoms. The summed E-state index contributed by atoms with van der Waals surface area (Å²) in [7, 11) is 0. The summed E-state index contributed by atoms with van der Waals surface area (Å²) < 4.78 is 12.7. The molecular formula is C9H16FNO. The number of carbonyl (C=O) groups excluding carboxylic acids is 1. The van der Waals surface area contributed by atoms with Crippen LogP contribution < -0.4 is 5.32 Å². The second-order valence-electron chi connectivity index (χ2n) is 4.41. The lowest BCUT2D eigenvalue weighted by atomic mass is 9.86. The van der Waals surface area contributed by atoms with Crippen molar-refractivity contribution in [3.63, 3.8) is 0 Å². The van der Waals surface area contributed by atoms with E-state index in [4.69, 9.17) is 0 Å². The van der Waals surface area contributed by atoms with E-state index in [1.165, 1.54) is 0 Å². The quantitative estimate of drug-likeness (QED) is 0.647. The smallest absolute Gasteiger partial charge is 0.155 e. The van der Waals surface area contributed by atoms with E-state index in [1.54, 1.807) is 0 Å². The van der Waals surface area contributed by atoms with E-state index in [9.17, 15) is 9.18 Å². The van der Waals surface area contributed by atoms with Crippen LogP contribution in [0.5, 0.6) is 0 Å². The van der Waals surface area contributed by atoms with E-state index in [0.29, 0.717) is 13.0 Å². The lowest BCUT2D eigenvalue weighted by molar-refractivity contribution is -0.128. The highest BCUT2D eigenvalue weighted by atomic mass is 19.1. The van der Waals surface area contributed by atoms with Gasteiger partial charge in [-0.1, -0.05) is 20.8 Å². The van der Waals surface area contributed by atoms with Gasteiger partial charge in [-0.25, -0.2) is 4.39 Å². The number of rotatable bonds is 1. The van der Waals surface area contributed by atoms with Gasteiger partial charge in [-0.15, -0.1) is 0 Å². The Morgan fingerprint density at radius 3 is 2.42 bits per heavy atom. The fourth-order valence-corrected chi connectivity index (χ4v) is 1.41. The van der Waals surface area contributed by atoms with Crippen molar-refractivity contribution in [1.29, 1.82) is 0 Å². The van der Waals surface area contributed by atoms with Gasteiger partial charge in [0.1, 0.15) is 6.17 Å². The van der Waals surface area contributed by atoms with Crippen molar-refractivity contribution < 1.29 is 9.18 Å². The maximum Gasteiger partial charge on any atom is 0.155 e. The van der Waals surface area contributed by atoms with Gasteiger partial charge in [0.15, 0.2) is 5.78 Å². The first-order valence-electron chi connectivity index (χ1n) is 4.33. The molecule has 0 aliphatic carbocycles. The van der Waals surface area contributed by atoms with Gasteiger partial charge in [-0.3, -0.25) is 4.79 Å². The zero-order valence-corrected chi connectivity index (χ0v) is 7.86. The highest BCUT2D eigenvalue weighted by Crippen LogP contribution is 2.22. The molecule has 0 saturated carbocycles. The lowest BCUT2D eigenvalue weighted by Gasteiger charge is -2.20. The Labute approximate surface area is 72.5 Å². The van der Waals surface area contributed by atoms with Crippen molar-refractivity contribution >= 4 is 5.78 Å². The van der Waals surface area contributed by atoms with E-state index < -0.39 is 6.17 Å². The average molecular weight is 173 g/mol. The van der Waals surface area contributed by atoms with Crippen LogP contribution in [0.25, 0.3) is 0 Å². The zero-order chi connectivity index (χ0) is 9.35. The lowest BCUT2D eigenvalue weighted by Crippen LogP contribution is -2.38. The van der Waals surface area contributed by atoms with E-state index in [0.717, 1.165) is 0 Å². The molecule has 1 N–H and O–H groups in total. The van der Waals surface area contributed by atoms with E-state index in [1.807, 2.05) is 20.8 Å². The summed E-state index contributed by atoms with van der Waals surface area (Å²) in [5, 5.41) is 2.89. The third-order valence-corrected chi connectivity index (χ3v) is 2.13. The molecule has 0 unspecified atom stereocenters. The molecule has 0 amide bonds. The molecule has 70 valence electrons. The third-order valence-electron chi connectivity index (χ3n) is 2.13. The number of hydrogen-bond donors (Lipinski definition) is 1. The molecular weight excluding hydrogens is 157 g/mol. The van der Waals surface area contributed by atoms with Crippen LogP contribution in [0.1, 0.15) is 27.2 Å². The van der Waals surface area contributed by atoms with Gasteiger partial charge >= 0.3 is 0 Å². The number of alkyl halides is 1. The topological polar surface area (TPSA) is 29.1 Å². The second-order valence-corrected chi connectivity index (χ2v) is 4.41. The highest BCUT2D eigenvalue weighted by molar-refractivity contribution is 5.89. The number of carbonyl (C=O) groups is 1. The van der Waals surface area contributed by atoms with Crippen molar-refractivity contribution in [2.24, 2.45) is 5.41 Å². The molecule has 3 heteroatoms. The molecule has 1 aliphatic heterocycles. The molecule has 0 aromatic carbocycles. The molecule has 1 saturated heterocycles. The Morgan fingerprint density at radius 2 is 2.08 bits per heavy atom. The van der Waals surface area contributed by atoms with Crippen molar-refractivity contribution in [1.82, 2.24) is 5.32 Å². The summed E-state index contributed by atoms with van der Waals surface area (Å²) >= 11 is 0. The molecule has 2 atom stereocenters. The predicted octanol–water partition coefficient (Wildman–Crippen LogP) is 1.30. The Hall–Kier alpha value is -0.440. The zero-order valence-electron chi connectivity index (χ0n) is 7.86.